The lowest BCUT2D eigenvalue weighted by Gasteiger charge is -2.07. The molecule has 0 bridgehead atoms. The van der Waals surface area contributed by atoms with Crippen LogP contribution in [0.4, 0.5) is 13.2 Å². The molecule has 0 aliphatic carbocycles. The number of hydrogen-bond acceptors (Lipinski definition) is 2. The number of aryl methyl sites for hydroxylation is 1. The Morgan fingerprint density at radius 2 is 2.08 bits per heavy atom. The molecule has 2 nitrogen and oxygen atoms in total. The van der Waals surface area contributed by atoms with E-state index >= 15 is 0 Å². The lowest BCUT2D eigenvalue weighted by molar-refractivity contribution is -0.276. The monoisotopic (exact) mass is 191 g/mol. The van der Waals surface area contributed by atoms with Crippen LogP contribution >= 0.6 is 0 Å². The van der Waals surface area contributed by atoms with Gasteiger partial charge in [-0.05, 0) is 12.5 Å². The smallest absolute Gasteiger partial charge is 0.388 e. The fourth-order valence-electron chi connectivity index (χ4n) is 0.830. The standard InChI is InChI=1S/C8H8F3NO/c1-2-6-4-3-5-7(12-6)13-8(9,10)11/h3-5H,2H2,1H3. The van der Waals surface area contributed by atoms with E-state index in [1.165, 1.54) is 12.1 Å². The van der Waals surface area contributed by atoms with Gasteiger partial charge in [-0.1, -0.05) is 13.0 Å². The third-order valence-corrected chi connectivity index (χ3v) is 1.36. The molecule has 0 atom stereocenters. The number of halogens is 3. The van der Waals surface area contributed by atoms with Gasteiger partial charge in [0.2, 0.25) is 5.88 Å². The lowest BCUT2D eigenvalue weighted by Crippen LogP contribution is -2.18. The third-order valence-electron chi connectivity index (χ3n) is 1.36. The first kappa shape index (κ1) is 9.83. The van der Waals surface area contributed by atoms with Gasteiger partial charge >= 0.3 is 6.36 Å². The van der Waals surface area contributed by atoms with Crippen LogP contribution in [-0.2, 0) is 6.42 Å². The van der Waals surface area contributed by atoms with Gasteiger partial charge in [0.25, 0.3) is 0 Å². The van der Waals surface area contributed by atoms with E-state index in [1.54, 1.807) is 13.0 Å². The van der Waals surface area contributed by atoms with E-state index in [1.807, 2.05) is 0 Å². The first-order valence-corrected chi connectivity index (χ1v) is 3.73. The molecule has 0 aromatic carbocycles. The Hall–Kier alpha value is -1.26. The van der Waals surface area contributed by atoms with Crippen LogP contribution in [0, 0.1) is 0 Å². The second kappa shape index (κ2) is 3.64. The lowest BCUT2D eigenvalue weighted by atomic mass is 10.3. The summed E-state index contributed by atoms with van der Waals surface area (Å²) < 4.78 is 38.8. The summed E-state index contributed by atoms with van der Waals surface area (Å²) in [4.78, 5) is 3.63. The number of pyridine rings is 1. The van der Waals surface area contributed by atoms with E-state index in [-0.39, 0.29) is 0 Å². The Morgan fingerprint density at radius 3 is 2.62 bits per heavy atom. The Balaban J connectivity index is 2.78. The summed E-state index contributed by atoms with van der Waals surface area (Å²) in [6.45, 7) is 1.81. The van der Waals surface area contributed by atoms with Gasteiger partial charge in [-0.15, -0.1) is 13.2 Å². The minimum atomic E-state index is -4.67. The van der Waals surface area contributed by atoms with Gasteiger partial charge in [-0.25, -0.2) is 4.98 Å². The molecule has 1 aromatic rings. The van der Waals surface area contributed by atoms with Crippen molar-refractivity contribution in [2.75, 3.05) is 0 Å². The summed E-state index contributed by atoms with van der Waals surface area (Å²) in [7, 11) is 0. The van der Waals surface area contributed by atoms with Gasteiger partial charge in [0.1, 0.15) is 0 Å². The van der Waals surface area contributed by atoms with Crippen LogP contribution in [-0.4, -0.2) is 11.3 Å². The van der Waals surface area contributed by atoms with E-state index in [0.717, 1.165) is 0 Å². The zero-order chi connectivity index (χ0) is 9.90. The average molecular weight is 191 g/mol. The predicted octanol–water partition coefficient (Wildman–Crippen LogP) is 2.54. The summed E-state index contributed by atoms with van der Waals surface area (Å²) in [6.07, 6.45) is -4.09. The molecule has 5 heteroatoms. The summed E-state index contributed by atoms with van der Waals surface area (Å²) in [5.74, 6) is -0.410. The van der Waals surface area contributed by atoms with E-state index in [0.29, 0.717) is 12.1 Å². The Labute approximate surface area is 73.4 Å². The van der Waals surface area contributed by atoms with Crippen molar-refractivity contribution in [2.45, 2.75) is 19.7 Å². The highest BCUT2D eigenvalue weighted by Crippen LogP contribution is 2.20. The van der Waals surface area contributed by atoms with E-state index in [9.17, 15) is 13.2 Å². The number of nitrogens with zero attached hydrogens (tertiary/aromatic N) is 1. The molecule has 0 amide bonds. The zero-order valence-electron chi connectivity index (χ0n) is 6.93. The fourth-order valence-corrected chi connectivity index (χ4v) is 0.830. The largest absolute Gasteiger partial charge is 0.574 e. The number of alkyl halides is 3. The number of ether oxygens (including phenoxy) is 1. The van der Waals surface area contributed by atoms with Crippen LogP contribution in [0.5, 0.6) is 5.88 Å². The summed E-state index contributed by atoms with van der Waals surface area (Å²) in [5, 5.41) is 0. The van der Waals surface area contributed by atoms with Crippen LogP contribution in [0.3, 0.4) is 0 Å². The maximum atomic E-state index is 11.7. The van der Waals surface area contributed by atoms with Crippen molar-refractivity contribution in [3.63, 3.8) is 0 Å². The molecule has 1 rings (SSSR count). The quantitative estimate of drug-likeness (QED) is 0.716. The van der Waals surface area contributed by atoms with Crippen molar-refractivity contribution >= 4 is 0 Å². The van der Waals surface area contributed by atoms with Crippen molar-refractivity contribution < 1.29 is 17.9 Å². The van der Waals surface area contributed by atoms with Gasteiger partial charge in [0, 0.05) is 11.8 Å². The van der Waals surface area contributed by atoms with Gasteiger partial charge in [0.05, 0.1) is 0 Å². The van der Waals surface area contributed by atoms with Crippen molar-refractivity contribution in [3.05, 3.63) is 23.9 Å². The van der Waals surface area contributed by atoms with Gasteiger partial charge in [0.15, 0.2) is 0 Å². The van der Waals surface area contributed by atoms with Crippen LogP contribution < -0.4 is 4.74 Å². The highest BCUT2D eigenvalue weighted by Gasteiger charge is 2.31. The molecular weight excluding hydrogens is 183 g/mol. The van der Waals surface area contributed by atoms with Crippen LogP contribution in [0.1, 0.15) is 12.6 Å². The average Bonchev–Trinajstić information content (AvgIpc) is 2.01. The molecule has 0 spiro atoms. The molecular formula is C8H8F3NO. The summed E-state index contributed by atoms with van der Waals surface area (Å²) in [5.41, 5.74) is 0.571. The maximum absolute atomic E-state index is 11.7. The molecule has 1 aromatic heterocycles. The van der Waals surface area contributed by atoms with Gasteiger partial charge in [-0.3, -0.25) is 0 Å². The van der Waals surface area contributed by atoms with E-state index < -0.39 is 12.2 Å². The fraction of sp³-hybridized carbons (Fsp3) is 0.375. The number of rotatable bonds is 2. The van der Waals surface area contributed by atoms with E-state index in [4.69, 9.17) is 0 Å². The molecule has 72 valence electrons. The van der Waals surface area contributed by atoms with Crippen molar-refractivity contribution in [1.82, 2.24) is 4.98 Å². The van der Waals surface area contributed by atoms with Crippen LogP contribution in [0.2, 0.25) is 0 Å². The Kier molecular flexibility index (Phi) is 2.75. The molecule has 13 heavy (non-hydrogen) atoms. The SMILES string of the molecule is CCc1cccc(OC(F)(F)F)n1. The topological polar surface area (TPSA) is 22.1 Å². The highest BCUT2D eigenvalue weighted by molar-refractivity contribution is 5.15. The Bertz CT molecular complexity index is 285. The second-order valence-electron chi connectivity index (χ2n) is 2.37. The Morgan fingerprint density at radius 1 is 1.38 bits per heavy atom. The van der Waals surface area contributed by atoms with Gasteiger partial charge in [-0.2, -0.15) is 0 Å². The number of hydrogen-bond donors (Lipinski definition) is 0. The minimum Gasteiger partial charge on any atom is -0.388 e. The summed E-state index contributed by atoms with van der Waals surface area (Å²) >= 11 is 0. The second-order valence-corrected chi connectivity index (χ2v) is 2.37. The molecule has 0 radical (unpaired) electrons. The summed E-state index contributed by atoms with van der Waals surface area (Å²) in [6, 6.07) is 4.29. The first-order chi connectivity index (χ1) is 6.01. The third kappa shape index (κ3) is 3.31. The van der Waals surface area contributed by atoms with Crippen molar-refractivity contribution in [1.29, 1.82) is 0 Å². The minimum absolute atomic E-state index is 0.410. The maximum Gasteiger partial charge on any atom is 0.574 e. The highest BCUT2D eigenvalue weighted by atomic mass is 19.4. The van der Waals surface area contributed by atoms with E-state index in [2.05, 4.69) is 9.72 Å². The normalized spacial score (nSPS) is 11.4. The molecule has 0 N–H and O–H groups in total. The van der Waals surface area contributed by atoms with Gasteiger partial charge < -0.3 is 4.74 Å². The first-order valence-electron chi connectivity index (χ1n) is 3.73. The van der Waals surface area contributed by atoms with Crippen molar-refractivity contribution in [3.8, 4) is 5.88 Å². The molecule has 0 saturated heterocycles. The molecule has 1 heterocycles. The zero-order valence-corrected chi connectivity index (χ0v) is 6.93. The predicted molar refractivity (Wildman–Crippen MR) is 40.3 cm³/mol. The molecule has 0 aliphatic heterocycles. The van der Waals surface area contributed by atoms with Crippen LogP contribution in [0.25, 0.3) is 0 Å². The molecule has 0 saturated carbocycles. The number of aromatic nitrogens is 1. The van der Waals surface area contributed by atoms with Crippen molar-refractivity contribution in [2.24, 2.45) is 0 Å². The molecule has 0 fully saturated rings. The molecule has 0 unspecified atom stereocenters. The van der Waals surface area contributed by atoms with Crippen LogP contribution in [0.15, 0.2) is 18.2 Å². The molecule has 0 aliphatic rings.